The number of nitrogens with two attached hydrogens (primary N) is 2. The van der Waals surface area contributed by atoms with Gasteiger partial charge in [0, 0.05) is 12.4 Å². The third kappa shape index (κ3) is 13.3. The molecule has 0 spiro atoms. The molecule has 0 heterocycles. The molecule has 6 nitrogen and oxygen atoms in total. The summed E-state index contributed by atoms with van der Waals surface area (Å²) in [6.45, 7) is 4.38. The van der Waals surface area contributed by atoms with Gasteiger partial charge in [0.1, 0.15) is 0 Å². The molecule has 0 aromatic rings. The molecule has 0 aliphatic heterocycles. The summed E-state index contributed by atoms with van der Waals surface area (Å²) in [5, 5.41) is 15.4. The van der Waals surface area contributed by atoms with Crippen LogP contribution in [0.2, 0.25) is 0 Å². The zero-order valence-corrected chi connectivity index (χ0v) is 14.2. The summed E-state index contributed by atoms with van der Waals surface area (Å²) in [5.74, 6) is 0.209. The van der Waals surface area contributed by atoms with Crippen molar-refractivity contribution in [1.82, 2.24) is 0 Å². The molecule has 0 aliphatic carbocycles. The highest BCUT2D eigenvalue weighted by Crippen LogP contribution is 2.01. The fourth-order valence-corrected chi connectivity index (χ4v) is 1.75. The summed E-state index contributed by atoms with van der Waals surface area (Å²) >= 11 is 0. The predicted molar refractivity (Wildman–Crippen MR) is 97.7 cm³/mol. The average Bonchev–Trinajstić information content (AvgIpc) is 2.52. The van der Waals surface area contributed by atoms with Gasteiger partial charge in [0.25, 0.3) is 0 Å². The number of rotatable bonds is 12. The van der Waals surface area contributed by atoms with Gasteiger partial charge in [-0.1, -0.05) is 52.4 Å². The van der Waals surface area contributed by atoms with Crippen molar-refractivity contribution < 1.29 is 0 Å². The van der Waals surface area contributed by atoms with Crippen LogP contribution in [0.1, 0.15) is 78.1 Å². The van der Waals surface area contributed by atoms with Crippen molar-refractivity contribution in [2.45, 2.75) is 78.1 Å². The number of unbranched alkanes of at least 4 members (excludes halogenated alkanes) is 8. The molecule has 0 saturated carbocycles. The lowest BCUT2D eigenvalue weighted by Crippen LogP contribution is -2.30. The summed E-state index contributed by atoms with van der Waals surface area (Å²) in [7, 11) is 0. The first-order chi connectivity index (χ1) is 10.7. The Balaban J connectivity index is 3.93. The Labute approximate surface area is 134 Å². The van der Waals surface area contributed by atoms with E-state index in [1.54, 1.807) is 12.4 Å². The van der Waals surface area contributed by atoms with E-state index >= 15 is 0 Å². The minimum Gasteiger partial charge on any atom is -0.379 e. The van der Waals surface area contributed by atoms with Gasteiger partial charge in [-0.05, 0) is 25.7 Å². The Morgan fingerprint density at radius 3 is 1.45 bits per heavy atom. The molecule has 0 aliphatic rings. The van der Waals surface area contributed by atoms with Crippen molar-refractivity contribution in [3.8, 4) is 0 Å². The van der Waals surface area contributed by atoms with Crippen LogP contribution in [0.15, 0.2) is 20.4 Å². The van der Waals surface area contributed by atoms with E-state index < -0.39 is 0 Å². The van der Waals surface area contributed by atoms with Gasteiger partial charge in [-0.15, -0.1) is 10.2 Å². The van der Waals surface area contributed by atoms with Gasteiger partial charge < -0.3 is 11.5 Å². The van der Waals surface area contributed by atoms with E-state index in [1.165, 1.54) is 38.5 Å². The summed E-state index contributed by atoms with van der Waals surface area (Å²) in [4.78, 5) is 0. The highest BCUT2D eigenvalue weighted by atomic mass is 15.3. The second kappa shape index (κ2) is 15.7. The van der Waals surface area contributed by atoms with Crippen molar-refractivity contribution in [3.63, 3.8) is 0 Å². The van der Waals surface area contributed by atoms with Crippen LogP contribution in [0, 0.1) is 0 Å². The monoisotopic (exact) mass is 308 g/mol. The molecule has 0 radical (unpaired) electrons. The molecule has 0 rings (SSSR count). The fourth-order valence-electron chi connectivity index (χ4n) is 1.75. The number of hydrogen-bond donors (Lipinski definition) is 2. The molecule has 126 valence electrons. The molecule has 0 saturated heterocycles. The second-order valence-electron chi connectivity index (χ2n) is 5.27. The van der Waals surface area contributed by atoms with E-state index in [1.807, 2.05) is 0 Å². The van der Waals surface area contributed by atoms with Crippen LogP contribution in [-0.2, 0) is 0 Å². The summed E-state index contributed by atoms with van der Waals surface area (Å²) in [6, 6.07) is 0. The van der Waals surface area contributed by atoms with Gasteiger partial charge in [0.05, 0.1) is 0 Å². The maximum Gasteiger partial charge on any atom is 0.190 e. The topological polar surface area (TPSA) is 101 Å². The molecule has 0 fully saturated rings. The summed E-state index contributed by atoms with van der Waals surface area (Å²) in [6.07, 6.45) is 15.0. The van der Waals surface area contributed by atoms with Crippen LogP contribution in [0.4, 0.5) is 0 Å². The molecule has 0 amide bonds. The molecule has 6 heteroatoms. The zero-order chi connectivity index (χ0) is 16.5. The quantitative estimate of drug-likeness (QED) is 0.249. The van der Waals surface area contributed by atoms with Crippen molar-refractivity contribution in [2.75, 3.05) is 0 Å². The third-order valence-electron chi connectivity index (χ3n) is 3.13. The van der Waals surface area contributed by atoms with E-state index in [4.69, 9.17) is 11.5 Å². The first kappa shape index (κ1) is 20.3. The first-order valence-electron chi connectivity index (χ1n) is 8.42. The van der Waals surface area contributed by atoms with Gasteiger partial charge in [0.2, 0.25) is 0 Å². The smallest absolute Gasteiger partial charge is 0.190 e. The normalized spacial score (nSPS) is 13.5. The zero-order valence-electron chi connectivity index (χ0n) is 14.2. The van der Waals surface area contributed by atoms with Gasteiger partial charge in [-0.2, -0.15) is 10.2 Å². The highest BCUT2D eigenvalue weighted by Gasteiger charge is 1.96. The van der Waals surface area contributed by atoms with Crippen LogP contribution in [-0.4, -0.2) is 24.1 Å². The molecular weight excluding hydrogens is 276 g/mol. The average molecular weight is 308 g/mol. The molecule has 0 bridgehead atoms. The van der Waals surface area contributed by atoms with E-state index in [-0.39, 0.29) is 11.7 Å². The van der Waals surface area contributed by atoms with Crippen molar-refractivity contribution in [1.29, 1.82) is 0 Å². The first-order valence-corrected chi connectivity index (χ1v) is 8.42. The van der Waals surface area contributed by atoms with Crippen molar-refractivity contribution in [2.24, 2.45) is 31.9 Å². The standard InChI is InChI=1S/C16H32N6/c1-3-5-7-9-11-13-19-21-15(17)16(18)22-20-14-12-10-8-6-4-2/h13-14H,3-12H2,1-2H3,(H2,17,21)(H2,18,22)/b19-13-,20-14-. The molecule has 4 N–H and O–H groups in total. The second-order valence-corrected chi connectivity index (χ2v) is 5.27. The lowest BCUT2D eigenvalue weighted by atomic mass is 10.2. The van der Waals surface area contributed by atoms with Gasteiger partial charge in [0.15, 0.2) is 11.7 Å². The number of hydrogen-bond acceptors (Lipinski definition) is 4. The summed E-state index contributed by atoms with van der Waals surface area (Å²) < 4.78 is 0. The molecule has 0 atom stereocenters. The maximum atomic E-state index is 5.67. The Hall–Kier alpha value is -1.72. The third-order valence-corrected chi connectivity index (χ3v) is 3.13. The van der Waals surface area contributed by atoms with Crippen LogP contribution in [0.3, 0.4) is 0 Å². The highest BCUT2D eigenvalue weighted by molar-refractivity contribution is 6.39. The maximum absolute atomic E-state index is 5.67. The molecule has 0 aromatic heterocycles. The van der Waals surface area contributed by atoms with E-state index in [9.17, 15) is 0 Å². The van der Waals surface area contributed by atoms with Gasteiger partial charge in [-0.25, -0.2) is 0 Å². The Morgan fingerprint density at radius 1 is 0.682 bits per heavy atom. The Kier molecular flexibility index (Phi) is 14.4. The molecular formula is C16H32N6. The van der Waals surface area contributed by atoms with Crippen LogP contribution in [0.5, 0.6) is 0 Å². The number of nitrogens with zero attached hydrogens (tertiary/aromatic N) is 4. The largest absolute Gasteiger partial charge is 0.379 e. The SMILES string of the molecule is CCCCCC\C=N/N=C(N)/C(N)=N\N=C/CCCCCC. The fraction of sp³-hybridized carbons (Fsp3) is 0.750. The van der Waals surface area contributed by atoms with E-state index in [0.717, 1.165) is 25.7 Å². The Bertz CT molecular complexity index is 335. The molecule has 0 aromatic carbocycles. The van der Waals surface area contributed by atoms with Crippen LogP contribution < -0.4 is 11.5 Å². The lowest BCUT2D eigenvalue weighted by Gasteiger charge is -1.95. The van der Waals surface area contributed by atoms with Crippen LogP contribution >= 0.6 is 0 Å². The summed E-state index contributed by atoms with van der Waals surface area (Å²) in [5.41, 5.74) is 11.3. The van der Waals surface area contributed by atoms with Crippen molar-refractivity contribution in [3.05, 3.63) is 0 Å². The molecule has 22 heavy (non-hydrogen) atoms. The lowest BCUT2D eigenvalue weighted by molar-refractivity contribution is 0.685. The van der Waals surface area contributed by atoms with Gasteiger partial charge in [-0.3, -0.25) is 0 Å². The van der Waals surface area contributed by atoms with Crippen molar-refractivity contribution >= 4 is 24.1 Å². The van der Waals surface area contributed by atoms with Crippen LogP contribution in [0.25, 0.3) is 0 Å². The minimum absolute atomic E-state index is 0.105. The van der Waals surface area contributed by atoms with Gasteiger partial charge >= 0.3 is 0 Å². The van der Waals surface area contributed by atoms with E-state index in [0.29, 0.717) is 0 Å². The predicted octanol–water partition coefficient (Wildman–Crippen LogP) is 3.61. The number of amidine groups is 2. The molecule has 0 unspecified atom stereocenters. The Morgan fingerprint density at radius 2 is 1.09 bits per heavy atom. The minimum atomic E-state index is 0.105. The van der Waals surface area contributed by atoms with E-state index in [2.05, 4.69) is 34.3 Å².